The standard InChI is InChI=1S/C14H18Cl2N2O3/c1-9(19)14(21)18(6-5-17-10(2)20)8-11-3-4-12(15)7-13(11)16/h3-4,7,9,19H,5-6,8H2,1-2H3,(H,17,20)/t9-/m1/s1. The van der Waals surface area contributed by atoms with E-state index in [4.69, 9.17) is 23.2 Å². The van der Waals surface area contributed by atoms with E-state index >= 15 is 0 Å². The molecule has 0 bridgehead atoms. The van der Waals surface area contributed by atoms with Crippen LogP contribution in [0.2, 0.25) is 10.0 Å². The van der Waals surface area contributed by atoms with Crippen LogP contribution < -0.4 is 5.32 Å². The number of aliphatic hydroxyl groups excluding tert-OH is 1. The highest BCUT2D eigenvalue weighted by molar-refractivity contribution is 6.35. The third kappa shape index (κ3) is 5.91. The number of aliphatic hydroxyl groups is 1. The zero-order valence-corrected chi connectivity index (χ0v) is 13.4. The van der Waals surface area contributed by atoms with Crippen molar-refractivity contribution in [3.8, 4) is 0 Å². The lowest BCUT2D eigenvalue weighted by atomic mass is 10.2. The van der Waals surface area contributed by atoms with E-state index in [1.54, 1.807) is 18.2 Å². The van der Waals surface area contributed by atoms with Crippen molar-refractivity contribution < 1.29 is 14.7 Å². The van der Waals surface area contributed by atoms with E-state index in [9.17, 15) is 14.7 Å². The fraction of sp³-hybridized carbons (Fsp3) is 0.429. The predicted octanol–water partition coefficient (Wildman–Crippen LogP) is 1.84. The minimum Gasteiger partial charge on any atom is -0.384 e. The highest BCUT2D eigenvalue weighted by atomic mass is 35.5. The second-order valence-corrected chi connectivity index (χ2v) is 5.50. The molecule has 0 spiro atoms. The Balaban J connectivity index is 2.80. The first-order valence-corrected chi connectivity index (χ1v) is 7.22. The normalized spacial score (nSPS) is 11.9. The monoisotopic (exact) mass is 332 g/mol. The van der Waals surface area contributed by atoms with E-state index in [0.29, 0.717) is 16.6 Å². The maximum absolute atomic E-state index is 12.0. The zero-order chi connectivity index (χ0) is 16.0. The third-order valence-electron chi connectivity index (χ3n) is 2.80. The van der Waals surface area contributed by atoms with Crippen LogP contribution in [0.1, 0.15) is 19.4 Å². The van der Waals surface area contributed by atoms with Crippen LogP contribution in [0.5, 0.6) is 0 Å². The molecule has 0 saturated heterocycles. The molecule has 0 aliphatic carbocycles. The molecule has 0 aliphatic rings. The molecule has 1 aromatic rings. The van der Waals surface area contributed by atoms with Crippen molar-refractivity contribution in [1.82, 2.24) is 10.2 Å². The maximum Gasteiger partial charge on any atom is 0.251 e. The summed E-state index contributed by atoms with van der Waals surface area (Å²) < 4.78 is 0. The van der Waals surface area contributed by atoms with Crippen molar-refractivity contribution in [2.75, 3.05) is 13.1 Å². The smallest absolute Gasteiger partial charge is 0.251 e. The Bertz CT molecular complexity index is 521. The molecule has 21 heavy (non-hydrogen) atoms. The molecule has 0 saturated carbocycles. The SMILES string of the molecule is CC(=O)NCCN(Cc1ccc(Cl)cc1Cl)C(=O)[C@@H](C)O. The van der Waals surface area contributed by atoms with Crippen molar-refractivity contribution in [2.45, 2.75) is 26.5 Å². The van der Waals surface area contributed by atoms with Gasteiger partial charge in [-0.15, -0.1) is 0 Å². The van der Waals surface area contributed by atoms with Crippen molar-refractivity contribution in [3.63, 3.8) is 0 Å². The summed E-state index contributed by atoms with van der Waals surface area (Å²) in [4.78, 5) is 24.3. The molecule has 116 valence electrons. The molecule has 2 amide bonds. The van der Waals surface area contributed by atoms with Crippen LogP contribution in [0.25, 0.3) is 0 Å². The number of hydrogen-bond acceptors (Lipinski definition) is 3. The van der Waals surface area contributed by atoms with Crippen molar-refractivity contribution in [1.29, 1.82) is 0 Å². The minimum absolute atomic E-state index is 0.177. The number of rotatable bonds is 6. The first-order valence-electron chi connectivity index (χ1n) is 6.46. The molecule has 0 radical (unpaired) electrons. The number of amides is 2. The zero-order valence-electron chi connectivity index (χ0n) is 11.9. The summed E-state index contributed by atoms with van der Waals surface area (Å²) in [6.45, 7) is 3.62. The topological polar surface area (TPSA) is 69.6 Å². The van der Waals surface area contributed by atoms with Crippen LogP contribution >= 0.6 is 23.2 Å². The summed E-state index contributed by atoms with van der Waals surface area (Å²) in [6, 6.07) is 5.00. The van der Waals surface area contributed by atoms with E-state index in [-0.39, 0.29) is 19.0 Å². The summed E-state index contributed by atoms with van der Waals surface area (Å²) in [7, 11) is 0. The van der Waals surface area contributed by atoms with Gasteiger partial charge in [-0.1, -0.05) is 29.3 Å². The van der Waals surface area contributed by atoms with Crippen molar-refractivity contribution in [3.05, 3.63) is 33.8 Å². The van der Waals surface area contributed by atoms with Gasteiger partial charge in [0, 0.05) is 36.6 Å². The Labute approximate surface area is 133 Å². The maximum atomic E-state index is 12.0. The summed E-state index contributed by atoms with van der Waals surface area (Å²) in [5.41, 5.74) is 0.720. The first kappa shape index (κ1) is 17.8. The lowest BCUT2D eigenvalue weighted by Gasteiger charge is -2.24. The number of carbonyl (C=O) groups excluding carboxylic acids is 2. The van der Waals surface area contributed by atoms with Gasteiger partial charge in [-0.25, -0.2) is 0 Å². The number of nitrogens with zero attached hydrogens (tertiary/aromatic N) is 1. The van der Waals surface area contributed by atoms with Crippen molar-refractivity contribution >= 4 is 35.0 Å². The summed E-state index contributed by atoms with van der Waals surface area (Å²) in [5.74, 6) is -0.602. The quantitative estimate of drug-likeness (QED) is 0.835. The summed E-state index contributed by atoms with van der Waals surface area (Å²) in [5, 5.41) is 13.0. The molecule has 5 nitrogen and oxygen atoms in total. The van der Waals surface area contributed by atoms with Gasteiger partial charge in [-0.2, -0.15) is 0 Å². The second kappa shape index (κ2) is 8.22. The van der Waals surface area contributed by atoms with E-state index in [2.05, 4.69) is 5.32 Å². The lowest BCUT2D eigenvalue weighted by molar-refractivity contribution is -0.140. The van der Waals surface area contributed by atoms with Crippen LogP contribution in [0.15, 0.2) is 18.2 Å². The van der Waals surface area contributed by atoms with Gasteiger partial charge in [0.25, 0.3) is 5.91 Å². The Hall–Kier alpha value is -1.30. The molecule has 0 aliphatic heterocycles. The fourth-order valence-corrected chi connectivity index (χ4v) is 2.22. The number of benzene rings is 1. The molecule has 1 rings (SSSR count). The van der Waals surface area contributed by atoms with Crippen LogP contribution in [-0.2, 0) is 16.1 Å². The van der Waals surface area contributed by atoms with Gasteiger partial charge >= 0.3 is 0 Å². The highest BCUT2D eigenvalue weighted by Crippen LogP contribution is 2.22. The van der Waals surface area contributed by atoms with Gasteiger partial charge in [0.15, 0.2) is 0 Å². The molecule has 1 aromatic carbocycles. The number of carbonyl (C=O) groups is 2. The van der Waals surface area contributed by atoms with Crippen LogP contribution in [0.4, 0.5) is 0 Å². The average molecular weight is 333 g/mol. The summed E-state index contributed by atoms with van der Waals surface area (Å²) in [6.07, 6.45) is -1.12. The molecule has 7 heteroatoms. The van der Waals surface area contributed by atoms with Crippen LogP contribution in [0.3, 0.4) is 0 Å². The molecule has 0 aromatic heterocycles. The Morgan fingerprint density at radius 1 is 1.38 bits per heavy atom. The Morgan fingerprint density at radius 3 is 2.57 bits per heavy atom. The number of nitrogens with one attached hydrogen (secondary N) is 1. The average Bonchev–Trinajstić information content (AvgIpc) is 2.38. The number of halogens is 2. The molecule has 1 atom stereocenters. The first-order chi connectivity index (χ1) is 9.81. The Morgan fingerprint density at radius 2 is 2.05 bits per heavy atom. The van der Waals surface area contributed by atoms with E-state index < -0.39 is 12.0 Å². The molecular formula is C14H18Cl2N2O3. The molecule has 0 heterocycles. The summed E-state index contributed by atoms with van der Waals surface area (Å²) >= 11 is 11.9. The van der Waals surface area contributed by atoms with Gasteiger partial charge in [-0.3, -0.25) is 9.59 Å². The Kier molecular flexibility index (Phi) is 6.95. The second-order valence-electron chi connectivity index (χ2n) is 4.65. The van der Waals surface area contributed by atoms with Crippen LogP contribution in [0, 0.1) is 0 Å². The minimum atomic E-state index is -1.12. The highest BCUT2D eigenvalue weighted by Gasteiger charge is 2.19. The molecule has 0 unspecified atom stereocenters. The van der Waals surface area contributed by atoms with Gasteiger partial charge in [0.05, 0.1) is 0 Å². The van der Waals surface area contributed by atoms with E-state index in [1.165, 1.54) is 18.7 Å². The molecule has 2 N–H and O–H groups in total. The lowest BCUT2D eigenvalue weighted by Crippen LogP contribution is -2.41. The molecule has 0 fully saturated rings. The van der Waals surface area contributed by atoms with Gasteiger partial charge in [0.2, 0.25) is 5.91 Å². The van der Waals surface area contributed by atoms with E-state index in [0.717, 1.165) is 5.56 Å². The predicted molar refractivity (Wildman–Crippen MR) is 82.2 cm³/mol. The fourth-order valence-electron chi connectivity index (χ4n) is 1.75. The van der Waals surface area contributed by atoms with Crippen molar-refractivity contribution in [2.24, 2.45) is 0 Å². The molecular weight excluding hydrogens is 315 g/mol. The largest absolute Gasteiger partial charge is 0.384 e. The van der Waals surface area contributed by atoms with Gasteiger partial charge in [-0.05, 0) is 24.6 Å². The third-order valence-corrected chi connectivity index (χ3v) is 3.39. The van der Waals surface area contributed by atoms with Gasteiger partial charge in [0.1, 0.15) is 6.10 Å². The van der Waals surface area contributed by atoms with E-state index in [1.807, 2.05) is 0 Å². The van der Waals surface area contributed by atoms with Crippen LogP contribution in [-0.4, -0.2) is 41.0 Å². The number of hydrogen-bond donors (Lipinski definition) is 2. The van der Waals surface area contributed by atoms with Gasteiger partial charge < -0.3 is 15.3 Å².